The zero-order valence-electron chi connectivity index (χ0n) is 10.8. The molecular weight excluding hydrogens is 264 g/mol. The van der Waals surface area contributed by atoms with Crippen LogP contribution in [0.25, 0.3) is 0 Å². The summed E-state index contributed by atoms with van der Waals surface area (Å²) < 4.78 is 4.91. The van der Waals surface area contributed by atoms with E-state index in [0.717, 1.165) is 41.4 Å². The summed E-state index contributed by atoms with van der Waals surface area (Å²) in [6.07, 6.45) is 2.25. The molecule has 0 saturated carbocycles. The van der Waals surface area contributed by atoms with E-state index in [0.29, 0.717) is 18.5 Å². The first-order chi connectivity index (χ1) is 9.22. The first kappa shape index (κ1) is 12.6. The lowest BCUT2D eigenvalue weighted by Crippen LogP contribution is -2.26. The molecule has 3 heterocycles. The molecule has 0 aromatic carbocycles. The highest BCUT2D eigenvalue weighted by Gasteiger charge is 2.32. The van der Waals surface area contributed by atoms with Gasteiger partial charge in [0.05, 0.1) is 12.7 Å². The van der Waals surface area contributed by atoms with Gasteiger partial charge in [-0.2, -0.15) is 0 Å². The van der Waals surface area contributed by atoms with Crippen molar-refractivity contribution in [1.29, 1.82) is 0 Å². The van der Waals surface area contributed by atoms with E-state index >= 15 is 0 Å². The molecule has 1 fully saturated rings. The number of thiophene rings is 1. The van der Waals surface area contributed by atoms with Gasteiger partial charge in [0.1, 0.15) is 5.00 Å². The zero-order valence-corrected chi connectivity index (χ0v) is 11.6. The second-order valence-corrected chi connectivity index (χ2v) is 5.83. The molecule has 0 bridgehead atoms. The maximum atomic E-state index is 12.1. The predicted molar refractivity (Wildman–Crippen MR) is 72.7 cm³/mol. The second-order valence-electron chi connectivity index (χ2n) is 4.75. The van der Waals surface area contributed by atoms with E-state index in [-0.39, 0.29) is 11.9 Å². The minimum Gasteiger partial charge on any atom is -0.465 e. The fourth-order valence-corrected chi connectivity index (χ4v) is 4.03. The van der Waals surface area contributed by atoms with Crippen LogP contribution in [0.3, 0.4) is 0 Å². The Morgan fingerprint density at radius 1 is 1.42 bits per heavy atom. The molecule has 0 radical (unpaired) electrons. The van der Waals surface area contributed by atoms with Crippen molar-refractivity contribution in [2.75, 3.05) is 25.1 Å². The lowest BCUT2D eigenvalue weighted by Gasteiger charge is -2.16. The third-order valence-electron chi connectivity index (χ3n) is 3.62. The van der Waals surface area contributed by atoms with Gasteiger partial charge in [-0.15, -0.1) is 11.3 Å². The number of nitrogens with one attached hydrogen (secondary N) is 1. The molecule has 1 aromatic heterocycles. The second kappa shape index (κ2) is 4.94. The average molecular weight is 280 g/mol. The summed E-state index contributed by atoms with van der Waals surface area (Å²) in [7, 11) is 1.39. The van der Waals surface area contributed by atoms with Crippen LogP contribution in [0.15, 0.2) is 0 Å². The third kappa shape index (κ3) is 2.04. The van der Waals surface area contributed by atoms with Crippen molar-refractivity contribution < 1.29 is 14.3 Å². The van der Waals surface area contributed by atoms with Crippen molar-refractivity contribution in [2.24, 2.45) is 0 Å². The summed E-state index contributed by atoms with van der Waals surface area (Å²) >= 11 is 1.55. The summed E-state index contributed by atoms with van der Waals surface area (Å²) in [5.41, 5.74) is 1.67. The lowest BCUT2D eigenvalue weighted by molar-refractivity contribution is -0.117. The molecule has 3 rings (SSSR count). The molecule has 19 heavy (non-hydrogen) atoms. The maximum absolute atomic E-state index is 12.1. The molecule has 1 aromatic rings. The van der Waals surface area contributed by atoms with Crippen LogP contribution in [-0.4, -0.2) is 32.1 Å². The number of esters is 1. The fourth-order valence-electron chi connectivity index (χ4n) is 2.69. The molecule has 1 amide bonds. The van der Waals surface area contributed by atoms with Gasteiger partial charge in [0.15, 0.2) is 0 Å². The molecule has 0 atom stereocenters. The standard InChI is InChI=1S/C13H16N2O3S/c1-18-13(17)11-8-4-5-14-7-9(8)19-12(11)15-6-2-3-10(15)16/h14H,2-7H2,1H3. The van der Waals surface area contributed by atoms with E-state index in [1.807, 2.05) is 0 Å². The van der Waals surface area contributed by atoms with Gasteiger partial charge >= 0.3 is 5.97 Å². The first-order valence-corrected chi connectivity index (χ1v) is 7.28. The number of carbonyl (C=O) groups is 2. The first-order valence-electron chi connectivity index (χ1n) is 6.46. The van der Waals surface area contributed by atoms with Gasteiger partial charge in [-0.25, -0.2) is 4.79 Å². The van der Waals surface area contributed by atoms with Crippen LogP contribution in [0, 0.1) is 0 Å². The van der Waals surface area contributed by atoms with E-state index in [1.165, 1.54) is 7.11 Å². The normalized spacial score (nSPS) is 18.6. The Balaban J connectivity index is 2.09. The number of hydrogen-bond donors (Lipinski definition) is 1. The van der Waals surface area contributed by atoms with E-state index in [4.69, 9.17) is 4.74 Å². The maximum Gasteiger partial charge on any atom is 0.341 e. The van der Waals surface area contributed by atoms with Gasteiger partial charge in [-0.3, -0.25) is 4.79 Å². The van der Waals surface area contributed by atoms with Crippen molar-refractivity contribution in [3.8, 4) is 0 Å². The smallest absolute Gasteiger partial charge is 0.341 e. The minimum atomic E-state index is -0.325. The van der Waals surface area contributed by atoms with Crippen LogP contribution in [-0.2, 0) is 22.5 Å². The van der Waals surface area contributed by atoms with Crippen LogP contribution in [0.2, 0.25) is 0 Å². The minimum absolute atomic E-state index is 0.108. The van der Waals surface area contributed by atoms with Gasteiger partial charge in [0.25, 0.3) is 0 Å². The molecule has 0 unspecified atom stereocenters. The monoisotopic (exact) mass is 280 g/mol. The number of carbonyl (C=O) groups excluding carboxylic acids is 2. The summed E-state index contributed by atoms with van der Waals surface area (Å²) in [5.74, 6) is -0.217. The number of ether oxygens (including phenoxy) is 1. The Kier molecular flexibility index (Phi) is 3.28. The van der Waals surface area contributed by atoms with Crippen LogP contribution < -0.4 is 10.2 Å². The Morgan fingerprint density at radius 2 is 2.26 bits per heavy atom. The Bertz CT molecular complexity index is 538. The van der Waals surface area contributed by atoms with Gasteiger partial charge < -0.3 is 15.0 Å². The van der Waals surface area contributed by atoms with Crippen molar-refractivity contribution in [1.82, 2.24) is 5.32 Å². The highest BCUT2D eigenvalue weighted by Crippen LogP contribution is 2.39. The Morgan fingerprint density at radius 3 is 2.95 bits per heavy atom. The number of methoxy groups -OCH3 is 1. The Hall–Kier alpha value is -1.40. The summed E-state index contributed by atoms with van der Waals surface area (Å²) in [6, 6.07) is 0. The Labute approximate surface area is 115 Å². The van der Waals surface area contributed by atoms with E-state index in [1.54, 1.807) is 16.2 Å². The summed E-state index contributed by atoms with van der Waals surface area (Å²) in [4.78, 5) is 26.9. The molecule has 6 heteroatoms. The summed E-state index contributed by atoms with van der Waals surface area (Å²) in [6.45, 7) is 2.34. The van der Waals surface area contributed by atoms with E-state index in [2.05, 4.69) is 5.32 Å². The topological polar surface area (TPSA) is 58.6 Å². The number of amides is 1. The predicted octanol–water partition coefficient (Wildman–Crippen LogP) is 1.31. The van der Waals surface area contributed by atoms with Crippen LogP contribution in [0.5, 0.6) is 0 Å². The molecule has 0 aliphatic carbocycles. The van der Waals surface area contributed by atoms with Crippen molar-refractivity contribution in [2.45, 2.75) is 25.8 Å². The highest BCUT2D eigenvalue weighted by atomic mass is 32.1. The third-order valence-corrected chi connectivity index (χ3v) is 4.87. The number of anilines is 1. The number of rotatable bonds is 2. The molecule has 102 valence electrons. The highest BCUT2D eigenvalue weighted by molar-refractivity contribution is 7.17. The number of hydrogen-bond acceptors (Lipinski definition) is 5. The molecule has 0 spiro atoms. The van der Waals surface area contributed by atoms with Crippen molar-refractivity contribution in [3.63, 3.8) is 0 Å². The van der Waals surface area contributed by atoms with Crippen LogP contribution in [0.4, 0.5) is 5.00 Å². The number of nitrogens with zero attached hydrogens (tertiary/aromatic N) is 1. The largest absolute Gasteiger partial charge is 0.465 e. The van der Waals surface area contributed by atoms with Gasteiger partial charge in [0, 0.05) is 24.4 Å². The van der Waals surface area contributed by atoms with Crippen LogP contribution >= 0.6 is 11.3 Å². The van der Waals surface area contributed by atoms with Gasteiger partial charge in [-0.1, -0.05) is 0 Å². The molecule has 1 saturated heterocycles. The molecule has 2 aliphatic rings. The van der Waals surface area contributed by atoms with Gasteiger partial charge in [0.2, 0.25) is 5.91 Å². The summed E-state index contributed by atoms with van der Waals surface area (Å²) in [5, 5.41) is 4.08. The molecule has 5 nitrogen and oxygen atoms in total. The number of fused-ring (bicyclic) bond motifs is 1. The quantitative estimate of drug-likeness (QED) is 0.830. The fraction of sp³-hybridized carbons (Fsp3) is 0.538. The van der Waals surface area contributed by atoms with E-state index in [9.17, 15) is 9.59 Å². The zero-order chi connectivity index (χ0) is 13.4. The molecule has 2 aliphatic heterocycles. The van der Waals surface area contributed by atoms with Crippen LogP contribution in [0.1, 0.15) is 33.6 Å². The van der Waals surface area contributed by atoms with Crippen molar-refractivity contribution >= 4 is 28.2 Å². The lowest BCUT2D eigenvalue weighted by atomic mass is 10.0. The SMILES string of the molecule is COC(=O)c1c(N2CCCC2=O)sc2c1CCNC2. The van der Waals surface area contributed by atoms with Crippen molar-refractivity contribution in [3.05, 3.63) is 16.0 Å². The van der Waals surface area contributed by atoms with E-state index < -0.39 is 0 Å². The molecular formula is C13H16N2O3S. The molecule has 1 N–H and O–H groups in total. The van der Waals surface area contributed by atoms with Gasteiger partial charge in [-0.05, 0) is 24.9 Å². The average Bonchev–Trinajstić information content (AvgIpc) is 3.00.